The summed E-state index contributed by atoms with van der Waals surface area (Å²) in [5.41, 5.74) is 6.58. The first-order chi connectivity index (χ1) is 16.4. The predicted octanol–water partition coefficient (Wildman–Crippen LogP) is 2.21. The Balaban J connectivity index is 1.38. The number of anilines is 1. The molecule has 1 atom stereocenters. The van der Waals surface area contributed by atoms with Crippen molar-refractivity contribution in [3.63, 3.8) is 0 Å². The number of amides is 2. The fourth-order valence-corrected chi connectivity index (χ4v) is 5.29. The molecule has 1 aromatic heterocycles. The molecule has 0 saturated carbocycles. The first-order valence-electron chi connectivity index (χ1n) is 12.0. The summed E-state index contributed by atoms with van der Waals surface area (Å²) < 4.78 is 5.38. The van der Waals surface area contributed by atoms with Gasteiger partial charge in [-0.3, -0.25) is 14.5 Å². The van der Waals surface area contributed by atoms with Gasteiger partial charge in [-0.25, -0.2) is 0 Å². The second-order valence-corrected chi connectivity index (χ2v) is 9.45. The molecular weight excluding hydrogens is 432 g/mol. The number of ether oxygens (including phenoxy) is 1. The fraction of sp³-hybridized carbons (Fsp3) is 0.462. The van der Waals surface area contributed by atoms with Crippen LogP contribution in [-0.4, -0.2) is 83.7 Å². The highest BCUT2D eigenvalue weighted by Crippen LogP contribution is 2.36. The largest absolute Gasteiger partial charge is 0.390 e. The Labute approximate surface area is 199 Å². The number of carbonyl (C=O) groups excluding carboxylic acids is 2. The lowest BCUT2D eigenvalue weighted by molar-refractivity contribution is -0.110. The number of aliphatic hydroxyl groups is 1. The molecule has 0 aliphatic carbocycles. The first kappa shape index (κ1) is 22.8. The van der Waals surface area contributed by atoms with Crippen LogP contribution in [0.1, 0.15) is 44.9 Å². The summed E-state index contributed by atoms with van der Waals surface area (Å²) >= 11 is 0. The molecule has 2 amide bonds. The highest BCUT2D eigenvalue weighted by atomic mass is 16.5. The van der Waals surface area contributed by atoms with Gasteiger partial charge in [0.15, 0.2) is 0 Å². The molecular formula is C26H32N4O4. The molecule has 0 unspecified atom stereocenters. The maximum absolute atomic E-state index is 13.5. The number of nitrogens with one attached hydrogen (secondary N) is 2. The van der Waals surface area contributed by atoms with Crippen molar-refractivity contribution in [3.8, 4) is 0 Å². The predicted molar refractivity (Wildman–Crippen MR) is 131 cm³/mol. The number of benzene rings is 1. The number of aromatic amines is 1. The smallest absolute Gasteiger partial charge is 0.256 e. The van der Waals surface area contributed by atoms with E-state index in [0.29, 0.717) is 44.0 Å². The SMILES string of the molecule is Cc1cccc2c1C(=Cc1[nH]c3c(c1C)C(=O)N(C[C@@H](O)CN1CCOCC1)CCC3)C(=O)N2. The Morgan fingerprint density at radius 3 is 2.71 bits per heavy atom. The van der Waals surface area contributed by atoms with Crippen LogP contribution in [0, 0.1) is 13.8 Å². The van der Waals surface area contributed by atoms with Crippen molar-refractivity contribution in [3.05, 3.63) is 51.8 Å². The molecule has 4 heterocycles. The highest BCUT2D eigenvalue weighted by Gasteiger charge is 2.31. The van der Waals surface area contributed by atoms with Crippen molar-refractivity contribution in [2.24, 2.45) is 0 Å². The summed E-state index contributed by atoms with van der Waals surface area (Å²) in [5, 5.41) is 13.6. The maximum Gasteiger partial charge on any atom is 0.256 e. The number of β-amino-alcohol motifs (C(OH)–C–C–N with tert-alkyl or cyclic N) is 1. The van der Waals surface area contributed by atoms with Crippen LogP contribution in [0.25, 0.3) is 11.6 Å². The van der Waals surface area contributed by atoms with Gasteiger partial charge in [0.05, 0.1) is 30.5 Å². The number of aliphatic hydroxyl groups excluding tert-OH is 1. The number of carbonyl (C=O) groups is 2. The summed E-state index contributed by atoms with van der Waals surface area (Å²) in [5.74, 6) is -0.188. The number of aromatic nitrogens is 1. The van der Waals surface area contributed by atoms with E-state index in [1.807, 2.05) is 38.1 Å². The molecule has 180 valence electrons. The van der Waals surface area contributed by atoms with Crippen molar-refractivity contribution in [1.29, 1.82) is 0 Å². The van der Waals surface area contributed by atoms with Crippen LogP contribution >= 0.6 is 0 Å². The molecule has 0 bridgehead atoms. The Morgan fingerprint density at radius 2 is 1.91 bits per heavy atom. The molecule has 5 rings (SSSR count). The molecule has 1 aromatic carbocycles. The number of H-pyrrole nitrogens is 1. The van der Waals surface area contributed by atoms with E-state index in [-0.39, 0.29) is 11.8 Å². The zero-order chi connectivity index (χ0) is 23.8. The van der Waals surface area contributed by atoms with Crippen LogP contribution in [0.4, 0.5) is 5.69 Å². The van der Waals surface area contributed by atoms with E-state index in [9.17, 15) is 14.7 Å². The number of aryl methyl sites for hydroxylation is 2. The lowest BCUT2D eigenvalue weighted by Crippen LogP contribution is -2.46. The van der Waals surface area contributed by atoms with Gasteiger partial charge in [0, 0.05) is 55.4 Å². The minimum absolute atomic E-state index is 0.0561. The van der Waals surface area contributed by atoms with Crippen molar-refractivity contribution in [2.75, 3.05) is 51.3 Å². The summed E-state index contributed by atoms with van der Waals surface area (Å²) in [4.78, 5) is 33.6. The van der Waals surface area contributed by atoms with E-state index in [4.69, 9.17) is 4.74 Å². The number of rotatable bonds is 5. The fourth-order valence-electron chi connectivity index (χ4n) is 5.29. The van der Waals surface area contributed by atoms with E-state index in [1.54, 1.807) is 4.90 Å². The van der Waals surface area contributed by atoms with E-state index < -0.39 is 6.10 Å². The number of morpholine rings is 1. The summed E-state index contributed by atoms with van der Waals surface area (Å²) in [6.45, 7) is 8.37. The highest BCUT2D eigenvalue weighted by molar-refractivity contribution is 6.35. The van der Waals surface area contributed by atoms with Gasteiger partial charge in [-0.2, -0.15) is 0 Å². The van der Waals surface area contributed by atoms with Crippen LogP contribution in [0.3, 0.4) is 0 Å². The third-order valence-corrected chi connectivity index (χ3v) is 7.05. The van der Waals surface area contributed by atoms with Crippen LogP contribution in [0.5, 0.6) is 0 Å². The summed E-state index contributed by atoms with van der Waals surface area (Å²) in [6.07, 6.45) is 2.83. The van der Waals surface area contributed by atoms with E-state index >= 15 is 0 Å². The zero-order valence-corrected chi connectivity index (χ0v) is 19.8. The Kier molecular flexibility index (Phi) is 6.29. The molecule has 1 fully saturated rings. The Morgan fingerprint density at radius 1 is 1.12 bits per heavy atom. The Bertz CT molecular complexity index is 1150. The van der Waals surface area contributed by atoms with Gasteiger partial charge in [-0.15, -0.1) is 0 Å². The third-order valence-electron chi connectivity index (χ3n) is 7.05. The van der Waals surface area contributed by atoms with Crippen LogP contribution < -0.4 is 5.32 Å². The minimum atomic E-state index is -0.605. The van der Waals surface area contributed by atoms with Crippen LogP contribution in [-0.2, 0) is 16.0 Å². The summed E-state index contributed by atoms with van der Waals surface area (Å²) in [7, 11) is 0. The Hall–Kier alpha value is -2.94. The maximum atomic E-state index is 13.5. The van der Waals surface area contributed by atoms with Gasteiger partial charge in [0.2, 0.25) is 0 Å². The molecule has 8 heteroatoms. The quantitative estimate of drug-likeness (QED) is 0.590. The van der Waals surface area contributed by atoms with Gasteiger partial charge < -0.3 is 25.0 Å². The molecule has 3 N–H and O–H groups in total. The zero-order valence-electron chi connectivity index (χ0n) is 19.8. The van der Waals surface area contributed by atoms with Crippen LogP contribution in [0.15, 0.2) is 18.2 Å². The van der Waals surface area contributed by atoms with Gasteiger partial charge >= 0.3 is 0 Å². The molecule has 3 aliphatic heterocycles. The number of hydrogen-bond donors (Lipinski definition) is 3. The minimum Gasteiger partial charge on any atom is -0.390 e. The van der Waals surface area contributed by atoms with Gasteiger partial charge in [0.25, 0.3) is 11.8 Å². The normalized spacial score (nSPS) is 20.8. The van der Waals surface area contributed by atoms with Crippen molar-refractivity contribution in [1.82, 2.24) is 14.8 Å². The molecule has 8 nitrogen and oxygen atoms in total. The molecule has 34 heavy (non-hydrogen) atoms. The van der Waals surface area contributed by atoms with Crippen LogP contribution in [0.2, 0.25) is 0 Å². The van der Waals surface area contributed by atoms with E-state index in [1.165, 1.54) is 0 Å². The average Bonchev–Trinajstić information content (AvgIpc) is 3.24. The van der Waals surface area contributed by atoms with Crippen molar-refractivity contribution < 1.29 is 19.4 Å². The number of fused-ring (bicyclic) bond motifs is 2. The molecule has 0 radical (unpaired) electrons. The molecule has 0 spiro atoms. The lowest BCUT2D eigenvalue weighted by atomic mass is 9.99. The topological polar surface area (TPSA) is 97.9 Å². The number of nitrogens with zero attached hydrogens (tertiary/aromatic N) is 2. The van der Waals surface area contributed by atoms with Gasteiger partial charge in [0.1, 0.15) is 0 Å². The average molecular weight is 465 g/mol. The van der Waals surface area contributed by atoms with E-state index in [0.717, 1.165) is 59.7 Å². The van der Waals surface area contributed by atoms with Crippen molar-refractivity contribution >= 4 is 29.2 Å². The monoisotopic (exact) mass is 464 g/mol. The van der Waals surface area contributed by atoms with E-state index in [2.05, 4.69) is 15.2 Å². The number of hydrogen-bond acceptors (Lipinski definition) is 5. The van der Waals surface area contributed by atoms with Gasteiger partial charge in [-0.1, -0.05) is 12.1 Å². The lowest BCUT2D eigenvalue weighted by Gasteiger charge is -2.31. The second-order valence-electron chi connectivity index (χ2n) is 9.45. The molecule has 3 aliphatic rings. The standard InChI is InChI=1S/C26H32N4O4/c1-16-5-3-6-20-23(16)19(25(32)28-20)13-22-17(2)24-21(27-22)7-4-8-30(26(24)33)15-18(31)14-29-9-11-34-12-10-29/h3,5-6,13,18,27,31H,4,7-12,14-15H2,1-2H3,(H,28,32)/t18-/m0/s1. The first-order valence-corrected chi connectivity index (χ1v) is 12.0. The second kappa shape index (κ2) is 9.37. The van der Waals surface area contributed by atoms with Crippen molar-refractivity contribution in [2.45, 2.75) is 32.8 Å². The molecule has 2 aromatic rings. The van der Waals surface area contributed by atoms with Gasteiger partial charge in [-0.05, 0) is 50.0 Å². The molecule has 1 saturated heterocycles. The third kappa shape index (κ3) is 4.29. The summed E-state index contributed by atoms with van der Waals surface area (Å²) in [6, 6.07) is 5.83.